The molecule has 0 saturated carbocycles. The highest BCUT2D eigenvalue weighted by atomic mass is 16.5. The fraction of sp³-hybridized carbons (Fsp3) is 0.0556. The lowest BCUT2D eigenvalue weighted by atomic mass is 10.0. The maximum Gasteiger partial charge on any atom is 0.120 e. The molecular formula is C36H30O. The van der Waals surface area contributed by atoms with Gasteiger partial charge >= 0.3 is 0 Å². The van der Waals surface area contributed by atoms with E-state index in [1.54, 1.807) is 0 Å². The van der Waals surface area contributed by atoms with Crippen molar-refractivity contribution in [3.8, 4) is 16.9 Å². The number of hydrogen-bond donors (Lipinski definition) is 0. The Morgan fingerprint density at radius 1 is 0.378 bits per heavy atom. The zero-order chi connectivity index (χ0) is 25.1. The third kappa shape index (κ3) is 6.96. The van der Waals surface area contributed by atoms with Crippen LogP contribution in [0.1, 0.15) is 16.7 Å². The van der Waals surface area contributed by atoms with Gasteiger partial charge in [-0.3, -0.25) is 0 Å². The molecule has 0 fully saturated rings. The first-order chi connectivity index (χ1) is 18.3. The first-order valence-electron chi connectivity index (χ1n) is 12.7. The van der Waals surface area contributed by atoms with Gasteiger partial charge in [0, 0.05) is 0 Å². The fourth-order valence-corrected chi connectivity index (χ4v) is 4.28. The molecule has 0 saturated heterocycles. The first kappa shape index (κ1) is 24.1. The zero-order valence-corrected chi connectivity index (χ0v) is 20.8. The van der Waals surface area contributed by atoms with Crippen LogP contribution in [-0.4, -0.2) is 0 Å². The molecule has 1 heteroatoms. The third-order valence-electron chi connectivity index (χ3n) is 6.28. The summed E-state index contributed by atoms with van der Waals surface area (Å²) in [5, 5.41) is 2.45. The minimum atomic E-state index is 0.610. The van der Waals surface area contributed by atoms with E-state index in [1.807, 2.05) is 42.5 Å². The standard InChI is InChI=1S/C19H16.C17H14O/c1-3-7-16(8-4-1)15-17-11-13-19(14-12-17)18-9-5-2-6-10-18;1-2-6-14(7-3-1)13-18-17-11-10-15-8-4-5-9-16(15)12-17/h1-14H,15H2;1-12H,13H2. The predicted molar refractivity (Wildman–Crippen MR) is 156 cm³/mol. The summed E-state index contributed by atoms with van der Waals surface area (Å²) in [5.41, 5.74) is 6.44. The van der Waals surface area contributed by atoms with Gasteiger partial charge in [0.25, 0.3) is 0 Å². The summed E-state index contributed by atoms with van der Waals surface area (Å²) >= 11 is 0. The number of hydrogen-bond acceptors (Lipinski definition) is 1. The van der Waals surface area contributed by atoms with Gasteiger partial charge in [-0.05, 0) is 57.1 Å². The van der Waals surface area contributed by atoms with E-state index in [2.05, 4.69) is 115 Å². The Hall–Kier alpha value is -4.62. The highest BCUT2D eigenvalue weighted by Gasteiger charge is 1.99. The van der Waals surface area contributed by atoms with Crippen molar-refractivity contribution in [2.24, 2.45) is 0 Å². The number of ether oxygens (including phenoxy) is 1. The summed E-state index contributed by atoms with van der Waals surface area (Å²) in [5.74, 6) is 0.914. The summed E-state index contributed by atoms with van der Waals surface area (Å²) < 4.78 is 5.80. The van der Waals surface area contributed by atoms with Crippen molar-refractivity contribution in [2.45, 2.75) is 13.0 Å². The predicted octanol–water partition coefficient (Wildman–Crippen LogP) is 9.36. The second kappa shape index (κ2) is 12.4. The Balaban J connectivity index is 0.000000152. The zero-order valence-electron chi connectivity index (χ0n) is 20.8. The van der Waals surface area contributed by atoms with E-state index in [-0.39, 0.29) is 0 Å². The molecule has 0 heterocycles. The van der Waals surface area contributed by atoms with Crippen LogP contribution >= 0.6 is 0 Å². The van der Waals surface area contributed by atoms with Gasteiger partial charge in [-0.25, -0.2) is 0 Å². The summed E-state index contributed by atoms with van der Waals surface area (Å²) in [6.45, 7) is 0.610. The van der Waals surface area contributed by atoms with Gasteiger partial charge in [0.1, 0.15) is 12.4 Å². The molecule has 0 aliphatic heterocycles. The second-order valence-corrected chi connectivity index (χ2v) is 9.01. The molecule has 0 amide bonds. The Bertz CT molecular complexity index is 1510. The van der Waals surface area contributed by atoms with Crippen LogP contribution in [0, 0.1) is 0 Å². The van der Waals surface area contributed by atoms with Gasteiger partial charge in [-0.15, -0.1) is 0 Å². The van der Waals surface area contributed by atoms with E-state index in [4.69, 9.17) is 4.74 Å². The van der Waals surface area contributed by atoms with Crippen molar-refractivity contribution in [1.82, 2.24) is 0 Å². The van der Waals surface area contributed by atoms with Gasteiger partial charge < -0.3 is 4.74 Å². The van der Waals surface area contributed by atoms with Gasteiger partial charge in [-0.1, -0.05) is 146 Å². The number of rotatable bonds is 6. The average Bonchev–Trinajstić information content (AvgIpc) is 2.98. The molecule has 0 unspecified atom stereocenters. The smallest absolute Gasteiger partial charge is 0.120 e. The van der Waals surface area contributed by atoms with Crippen molar-refractivity contribution >= 4 is 10.8 Å². The van der Waals surface area contributed by atoms with Crippen LogP contribution in [-0.2, 0) is 13.0 Å². The van der Waals surface area contributed by atoms with Crippen LogP contribution in [0.5, 0.6) is 5.75 Å². The van der Waals surface area contributed by atoms with Crippen molar-refractivity contribution in [2.75, 3.05) is 0 Å². The second-order valence-electron chi connectivity index (χ2n) is 9.01. The Kier molecular flexibility index (Phi) is 8.06. The van der Waals surface area contributed by atoms with E-state index >= 15 is 0 Å². The Labute approximate surface area is 219 Å². The molecule has 6 aromatic rings. The van der Waals surface area contributed by atoms with Crippen LogP contribution in [0.4, 0.5) is 0 Å². The molecule has 0 N–H and O–H groups in total. The Morgan fingerprint density at radius 2 is 0.892 bits per heavy atom. The lowest BCUT2D eigenvalue weighted by Crippen LogP contribution is -1.94. The Morgan fingerprint density at radius 3 is 1.57 bits per heavy atom. The third-order valence-corrected chi connectivity index (χ3v) is 6.28. The number of fused-ring (bicyclic) bond motifs is 1. The van der Waals surface area contributed by atoms with Crippen LogP contribution in [0.3, 0.4) is 0 Å². The summed E-state index contributed by atoms with van der Waals surface area (Å²) in [6, 6.07) is 54.6. The van der Waals surface area contributed by atoms with E-state index in [0.29, 0.717) is 6.61 Å². The molecular weight excluding hydrogens is 448 g/mol. The normalized spacial score (nSPS) is 10.4. The molecule has 6 rings (SSSR count). The van der Waals surface area contributed by atoms with Crippen LogP contribution < -0.4 is 4.74 Å². The highest BCUT2D eigenvalue weighted by Crippen LogP contribution is 2.22. The maximum atomic E-state index is 5.80. The largest absolute Gasteiger partial charge is 0.489 e. The van der Waals surface area contributed by atoms with Crippen molar-refractivity contribution < 1.29 is 4.74 Å². The van der Waals surface area contributed by atoms with Gasteiger partial charge in [0.15, 0.2) is 0 Å². The maximum absolute atomic E-state index is 5.80. The monoisotopic (exact) mass is 478 g/mol. The molecule has 0 radical (unpaired) electrons. The quantitative estimate of drug-likeness (QED) is 0.232. The van der Waals surface area contributed by atoms with Gasteiger partial charge in [0.05, 0.1) is 0 Å². The SMILES string of the molecule is c1ccc(COc2ccc3ccccc3c2)cc1.c1ccc(Cc2ccc(-c3ccccc3)cc2)cc1. The highest BCUT2D eigenvalue weighted by molar-refractivity contribution is 5.83. The molecule has 0 aliphatic carbocycles. The topological polar surface area (TPSA) is 9.23 Å². The first-order valence-corrected chi connectivity index (χ1v) is 12.7. The molecule has 0 atom stereocenters. The van der Waals surface area contributed by atoms with Crippen molar-refractivity contribution in [1.29, 1.82) is 0 Å². The molecule has 0 aromatic heterocycles. The molecule has 6 aromatic carbocycles. The minimum Gasteiger partial charge on any atom is -0.489 e. The molecule has 0 bridgehead atoms. The van der Waals surface area contributed by atoms with Gasteiger partial charge in [-0.2, -0.15) is 0 Å². The van der Waals surface area contributed by atoms with Crippen LogP contribution in [0.15, 0.2) is 158 Å². The lowest BCUT2D eigenvalue weighted by Gasteiger charge is -2.07. The van der Waals surface area contributed by atoms with Crippen LogP contribution in [0.25, 0.3) is 21.9 Å². The molecule has 180 valence electrons. The summed E-state index contributed by atoms with van der Waals surface area (Å²) in [7, 11) is 0. The van der Waals surface area contributed by atoms with E-state index in [1.165, 1.54) is 38.6 Å². The number of benzene rings is 6. The van der Waals surface area contributed by atoms with E-state index < -0.39 is 0 Å². The van der Waals surface area contributed by atoms with E-state index in [0.717, 1.165) is 12.2 Å². The fourth-order valence-electron chi connectivity index (χ4n) is 4.28. The molecule has 0 aliphatic rings. The molecule has 0 spiro atoms. The average molecular weight is 479 g/mol. The van der Waals surface area contributed by atoms with Crippen LogP contribution in [0.2, 0.25) is 0 Å². The lowest BCUT2D eigenvalue weighted by molar-refractivity contribution is 0.306. The van der Waals surface area contributed by atoms with Crippen molar-refractivity contribution in [3.05, 3.63) is 174 Å². The summed E-state index contributed by atoms with van der Waals surface area (Å²) in [6.07, 6.45) is 0.996. The van der Waals surface area contributed by atoms with Crippen molar-refractivity contribution in [3.63, 3.8) is 0 Å². The summed E-state index contributed by atoms with van der Waals surface area (Å²) in [4.78, 5) is 0. The van der Waals surface area contributed by atoms with Gasteiger partial charge in [0.2, 0.25) is 0 Å². The van der Waals surface area contributed by atoms with E-state index in [9.17, 15) is 0 Å². The minimum absolute atomic E-state index is 0.610. The molecule has 37 heavy (non-hydrogen) atoms. The molecule has 1 nitrogen and oxygen atoms in total.